The van der Waals surface area contributed by atoms with Crippen molar-refractivity contribution in [2.45, 2.75) is 46.3 Å². The van der Waals surface area contributed by atoms with E-state index in [0.29, 0.717) is 31.3 Å². The molecule has 2 aromatic carbocycles. The van der Waals surface area contributed by atoms with Crippen molar-refractivity contribution in [3.05, 3.63) is 47.5 Å². The van der Waals surface area contributed by atoms with Crippen molar-refractivity contribution < 1.29 is 23.7 Å². The maximum Gasteiger partial charge on any atom is 0.258 e. The van der Waals surface area contributed by atoms with E-state index in [1.807, 2.05) is 51.1 Å². The van der Waals surface area contributed by atoms with E-state index in [4.69, 9.17) is 18.9 Å². The summed E-state index contributed by atoms with van der Waals surface area (Å²) in [5, 5.41) is 2.89. The number of amides is 1. The lowest BCUT2D eigenvalue weighted by Gasteiger charge is -2.14. The van der Waals surface area contributed by atoms with Crippen LogP contribution in [-0.4, -0.2) is 31.8 Å². The number of hydrogen-bond acceptors (Lipinski definition) is 5. The summed E-state index contributed by atoms with van der Waals surface area (Å²) in [5.74, 6) is 2.64. The molecule has 1 aliphatic heterocycles. The highest BCUT2D eigenvalue weighted by atomic mass is 16.5. The van der Waals surface area contributed by atoms with E-state index in [9.17, 15) is 4.79 Å². The van der Waals surface area contributed by atoms with Crippen molar-refractivity contribution >= 4 is 5.91 Å². The fourth-order valence-electron chi connectivity index (χ4n) is 3.20. The number of para-hydroxylation sites is 2. The van der Waals surface area contributed by atoms with Crippen LogP contribution in [-0.2, 0) is 17.8 Å². The minimum Gasteiger partial charge on any atom is -0.494 e. The van der Waals surface area contributed by atoms with Crippen molar-refractivity contribution in [2.75, 3.05) is 19.8 Å². The third kappa shape index (κ3) is 5.56. The number of carbonyl (C=O) groups is 1. The first-order valence-corrected chi connectivity index (χ1v) is 10.2. The molecule has 0 fully saturated rings. The number of nitrogens with one attached hydrogen (secondary N) is 1. The maximum absolute atomic E-state index is 12.3. The Morgan fingerprint density at radius 2 is 1.86 bits per heavy atom. The maximum atomic E-state index is 12.3. The van der Waals surface area contributed by atoms with Gasteiger partial charge in [-0.3, -0.25) is 4.79 Å². The van der Waals surface area contributed by atoms with E-state index in [1.54, 1.807) is 6.07 Å². The fourth-order valence-corrected chi connectivity index (χ4v) is 3.20. The topological polar surface area (TPSA) is 66.0 Å². The minimum absolute atomic E-state index is 0.0884. The van der Waals surface area contributed by atoms with Crippen LogP contribution in [0.5, 0.6) is 23.0 Å². The molecule has 1 aliphatic rings. The van der Waals surface area contributed by atoms with Gasteiger partial charge >= 0.3 is 0 Å². The van der Waals surface area contributed by atoms with E-state index in [-0.39, 0.29) is 18.6 Å². The van der Waals surface area contributed by atoms with Gasteiger partial charge in [0.1, 0.15) is 17.6 Å². The Balaban J connectivity index is 1.58. The van der Waals surface area contributed by atoms with Gasteiger partial charge in [-0.25, -0.2) is 0 Å². The minimum atomic E-state index is -0.215. The summed E-state index contributed by atoms with van der Waals surface area (Å²) in [7, 11) is 0. The summed E-state index contributed by atoms with van der Waals surface area (Å²) in [6.07, 6.45) is 1.93. The first kappa shape index (κ1) is 20.8. The van der Waals surface area contributed by atoms with Gasteiger partial charge in [-0.15, -0.1) is 0 Å². The van der Waals surface area contributed by atoms with Gasteiger partial charge in [-0.05, 0) is 44.5 Å². The second kappa shape index (κ2) is 10.0. The van der Waals surface area contributed by atoms with Gasteiger partial charge in [0.05, 0.1) is 13.2 Å². The summed E-state index contributed by atoms with van der Waals surface area (Å²) >= 11 is 0. The molecule has 6 nitrogen and oxygen atoms in total. The Bertz CT molecular complexity index is 836. The predicted octanol–water partition coefficient (Wildman–Crippen LogP) is 3.89. The van der Waals surface area contributed by atoms with Gasteiger partial charge in [-0.1, -0.05) is 19.1 Å². The molecule has 1 amide bonds. The Hall–Kier alpha value is -2.89. The van der Waals surface area contributed by atoms with Gasteiger partial charge in [0.2, 0.25) is 0 Å². The summed E-state index contributed by atoms with van der Waals surface area (Å²) in [6.45, 7) is 7.45. The molecule has 1 N–H and O–H groups in total. The predicted molar refractivity (Wildman–Crippen MR) is 111 cm³/mol. The summed E-state index contributed by atoms with van der Waals surface area (Å²) in [4.78, 5) is 12.3. The summed E-state index contributed by atoms with van der Waals surface area (Å²) < 4.78 is 22.9. The lowest BCUT2D eigenvalue weighted by Crippen LogP contribution is -2.28. The average molecular weight is 399 g/mol. The lowest BCUT2D eigenvalue weighted by atomic mass is 10.1. The number of hydrogen-bond donors (Lipinski definition) is 1. The lowest BCUT2D eigenvalue weighted by molar-refractivity contribution is -0.123. The summed E-state index contributed by atoms with van der Waals surface area (Å²) in [5.41, 5.74) is 2.03. The largest absolute Gasteiger partial charge is 0.494 e. The number of ether oxygens (including phenoxy) is 4. The van der Waals surface area contributed by atoms with E-state index < -0.39 is 0 Å². The zero-order chi connectivity index (χ0) is 20.6. The van der Waals surface area contributed by atoms with E-state index in [0.717, 1.165) is 35.5 Å². The molecular formula is C23H29NO5. The second-order valence-corrected chi connectivity index (χ2v) is 6.99. The van der Waals surface area contributed by atoms with Crippen molar-refractivity contribution in [3.8, 4) is 23.0 Å². The molecule has 0 aromatic heterocycles. The number of carbonyl (C=O) groups excluding carboxylic acids is 1. The smallest absolute Gasteiger partial charge is 0.258 e. The first-order chi connectivity index (χ1) is 14.1. The van der Waals surface area contributed by atoms with Gasteiger partial charge in [0.15, 0.2) is 18.1 Å². The molecule has 1 unspecified atom stereocenters. The van der Waals surface area contributed by atoms with Gasteiger partial charge in [0, 0.05) is 24.1 Å². The van der Waals surface area contributed by atoms with Crippen LogP contribution in [0.4, 0.5) is 0 Å². The van der Waals surface area contributed by atoms with Crippen molar-refractivity contribution in [1.82, 2.24) is 5.32 Å². The Kier molecular flexibility index (Phi) is 7.22. The zero-order valence-electron chi connectivity index (χ0n) is 17.3. The Morgan fingerprint density at radius 3 is 2.59 bits per heavy atom. The second-order valence-electron chi connectivity index (χ2n) is 6.99. The van der Waals surface area contributed by atoms with Gasteiger partial charge in [-0.2, -0.15) is 0 Å². The van der Waals surface area contributed by atoms with Crippen LogP contribution in [0.2, 0.25) is 0 Å². The highest BCUT2D eigenvalue weighted by molar-refractivity contribution is 5.77. The molecule has 0 saturated carbocycles. The van der Waals surface area contributed by atoms with Crippen molar-refractivity contribution in [1.29, 1.82) is 0 Å². The number of fused-ring (bicyclic) bond motifs is 1. The van der Waals surface area contributed by atoms with Crippen molar-refractivity contribution in [2.24, 2.45) is 0 Å². The molecule has 0 bridgehead atoms. The molecule has 1 heterocycles. The van der Waals surface area contributed by atoms with E-state index in [2.05, 4.69) is 5.32 Å². The average Bonchev–Trinajstić information content (AvgIpc) is 3.08. The Morgan fingerprint density at radius 1 is 1.10 bits per heavy atom. The highest BCUT2D eigenvalue weighted by Crippen LogP contribution is 2.35. The zero-order valence-corrected chi connectivity index (χ0v) is 17.3. The molecule has 0 aliphatic carbocycles. The number of benzene rings is 2. The third-order valence-corrected chi connectivity index (χ3v) is 4.52. The molecule has 0 spiro atoms. The van der Waals surface area contributed by atoms with Crippen LogP contribution in [0, 0.1) is 0 Å². The van der Waals surface area contributed by atoms with Crippen LogP contribution < -0.4 is 24.3 Å². The van der Waals surface area contributed by atoms with Crippen LogP contribution in [0.1, 0.15) is 38.3 Å². The van der Waals surface area contributed by atoms with Crippen LogP contribution in [0.3, 0.4) is 0 Å². The van der Waals surface area contributed by atoms with Crippen molar-refractivity contribution in [3.63, 3.8) is 0 Å². The van der Waals surface area contributed by atoms with E-state index >= 15 is 0 Å². The van der Waals surface area contributed by atoms with Crippen LogP contribution in [0.15, 0.2) is 36.4 Å². The molecular weight excluding hydrogens is 370 g/mol. The molecule has 156 valence electrons. The SMILES string of the molecule is CCCOc1ccccc1OCC(=O)NCc1cc2c(cc1OCC)CC(C)O2. The quantitative estimate of drug-likeness (QED) is 0.657. The van der Waals surface area contributed by atoms with Gasteiger partial charge < -0.3 is 24.3 Å². The fraction of sp³-hybridized carbons (Fsp3) is 0.435. The number of rotatable bonds is 10. The third-order valence-electron chi connectivity index (χ3n) is 4.52. The molecule has 29 heavy (non-hydrogen) atoms. The molecule has 0 radical (unpaired) electrons. The highest BCUT2D eigenvalue weighted by Gasteiger charge is 2.22. The standard InChI is InChI=1S/C23H29NO5/c1-4-10-27-19-8-6-7-9-20(19)28-15-23(25)24-14-18-13-22-17(11-16(3)29-22)12-21(18)26-5-2/h6-9,12-13,16H,4-5,10-11,14-15H2,1-3H3,(H,24,25). The molecule has 2 aromatic rings. The normalized spacial score (nSPS) is 14.7. The Labute approximate surface area is 172 Å². The molecule has 0 saturated heterocycles. The van der Waals surface area contributed by atoms with Crippen LogP contribution >= 0.6 is 0 Å². The molecule has 1 atom stereocenters. The van der Waals surface area contributed by atoms with E-state index in [1.165, 1.54) is 0 Å². The first-order valence-electron chi connectivity index (χ1n) is 10.2. The molecule has 6 heteroatoms. The summed E-state index contributed by atoms with van der Waals surface area (Å²) in [6, 6.07) is 11.3. The van der Waals surface area contributed by atoms with Gasteiger partial charge in [0.25, 0.3) is 5.91 Å². The monoisotopic (exact) mass is 399 g/mol. The molecule has 3 rings (SSSR count). The van der Waals surface area contributed by atoms with Crippen LogP contribution in [0.25, 0.3) is 0 Å².